The molecule has 1 fully saturated rings. The van der Waals surface area contributed by atoms with Crippen molar-refractivity contribution in [3.05, 3.63) is 24.3 Å². The van der Waals surface area contributed by atoms with Gasteiger partial charge in [0.2, 0.25) is 10.0 Å². The number of rotatable bonds is 5. The van der Waals surface area contributed by atoms with E-state index in [1.807, 2.05) is 0 Å². The predicted molar refractivity (Wildman–Crippen MR) is 66.7 cm³/mol. The van der Waals surface area contributed by atoms with Crippen LogP contribution in [0.5, 0.6) is 0 Å². The molecule has 0 saturated heterocycles. The zero-order chi connectivity index (χ0) is 12.5. The second kappa shape index (κ2) is 4.64. The Morgan fingerprint density at radius 3 is 2.41 bits per heavy atom. The van der Waals surface area contributed by atoms with Crippen LogP contribution in [0.2, 0.25) is 0 Å². The van der Waals surface area contributed by atoms with Gasteiger partial charge in [0.25, 0.3) is 0 Å². The molecule has 0 radical (unpaired) electrons. The first-order valence-corrected chi connectivity index (χ1v) is 7.07. The maximum atomic E-state index is 11.9. The smallest absolute Gasteiger partial charge is 0.240 e. The van der Waals surface area contributed by atoms with Crippen molar-refractivity contribution in [2.45, 2.75) is 18.2 Å². The van der Waals surface area contributed by atoms with Crippen molar-refractivity contribution in [1.82, 2.24) is 4.72 Å². The van der Waals surface area contributed by atoms with Gasteiger partial charge in [0.1, 0.15) is 0 Å². The molecule has 0 heterocycles. The predicted octanol–water partition coefficient (Wildman–Crippen LogP) is 0.906. The molecule has 1 aliphatic rings. The summed E-state index contributed by atoms with van der Waals surface area (Å²) in [6.45, 7) is 2.65. The highest BCUT2D eigenvalue weighted by atomic mass is 32.2. The largest absolute Gasteiger partial charge is 0.324 e. The topological polar surface area (TPSA) is 84.2 Å². The third kappa shape index (κ3) is 2.96. The van der Waals surface area contributed by atoms with Crippen molar-refractivity contribution in [3.63, 3.8) is 0 Å². The standard InChI is InChI=1S/C11H17N3O2S/c1-8-6-9(8)7-13-17(15,16)11-4-2-10(14-12)3-5-11/h2-5,8-9,13-14H,6-7,12H2,1H3. The van der Waals surface area contributed by atoms with E-state index in [4.69, 9.17) is 5.84 Å². The van der Waals surface area contributed by atoms with Crippen molar-refractivity contribution < 1.29 is 8.42 Å². The van der Waals surface area contributed by atoms with Gasteiger partial charge in [-0.25, -0.2) is 13.1 Å². The molecule has 1 saturated carbocycles. The summed E-state index contributed by atoms with van der Waals surface area (Å²) < 4.78 is 26.4. The first kappa shape index (κ1) is 12.3. The molecule has 17 heavy (non-hydrogen) atoms. The van der Waals surface area contributed by atoms with Crippen molar-refractivity contribution in [1.29, 1.82) is 0 Å². The van der Waals surface area contributed by atoms with E-state index in [1.165, 1.54) is 12.1 Å². The van der Waals surface area contributed by atoms with Gasteiger partial charge in [-0.2, -0.15) is 0 Å². The lowest BCUT2D eigenvalue weighted by atomic mass is 10.3. The van der Waals surface area contributed by atoms with E-state index < -0.39 is 10.0 Å². The number of anilines is 1. The summed E-state index contributed by atoms with van der Waals surface area (Å²) in [5, 5.41) is 0. The summed E-state index contributed by atoms with van der Waals surface area (Å²) >= 11 is 0. The number of hydrogen-bond donors (Lipinski definition) is 3. The average Bonchev–Trinajstić information content (AvgIpc) is 3.03. The summed E-state index contributed by atoms with van der Waals surface area (Å²) in [4.78, 5) is 0.268. The number of nitrogens with two attached hydrogens (primary N) is 1. The summed E-state index contributed by atoms with van der Waals surface area (Å²) in [5.41, 5.74) is 3.14. The van der Waals surface area contributed by atoms with E-state index in [0.29, 0.717) is 24.1 Å². The Morgan fingerprint density at radius 1 is 1.35 bits per heavy atom. The maximum Gasteiger partial charge on any atom is 0.240 e. The third-order valence-electron chi connectivity index (χ3n) is 3.14. The van der Waals surface area contributed by atoms with Crippen LogP contribution in [0.1, 0.15) is 13.3 Å². The molecule has 0 amide bonds. The molecule has 0 aromatic heterocycles. The van der Waals surface area contributed by atoms with Crippen LogP contribution < -0.4 is 16.0 Å². The van der Waals surface area contributed by atoms with Gasteiger partial charge in [0, 0.05) is 12.2 Å². The van der Waals surface area contributed by atoms with Crippen molar-refractivity contribution in [3.8, 4) is 0 Å². The van der Waals surface area contributed by atoms with E-state index in [0.717, 1.165) is 6.42 Å². The maximum absolute atomic E-state index is 11.9. The van der Waals surface area contributed by atoms with Crippen LogP contribution in [0, 0.1) is 11.8 Å². The number of sulfonamides is 1. The fraction of sp³-hybridized carbons (Fsp3) is 0.455. The minimum Gasteiger partial charge on any atom is -0.324 e. The first-order chi connectivity index (χ1) is 8.03. The third-order valence-corrected chi connectivity index (χ3v) is 4.58. The van der Waals surface area contributed by atoms with Crippen molar-refractivity contribution in [2.24, 2.45) is 17.7 Å². The molecule has 2 unspecified atom stereocenters. The number of hydrogen-bond acceptors (Lipinski definition) is 4. The summed E-state index contributed by atoms with van der Waals surface area (Å²) in [6.07, 6.45) is 1.11. The minimum absolute atomic E-state index is 0.268. The second-order valence-electron chi connectivity index (χ2n) is 4.49. The molecule has 0 bridgehead atoms. The van der Waals surface area contributed by atoms with Crippen molar-refractivity contribution in [2.75, 3.05) is 12.0 Å². The SMILES string of the molecule is CC1CC1CNS(=O)(=O)c1ccc(NN)cc1. The molecule has 4 N–H and O–H groups in total. The quantitative estimate of drug-likeness (QED) is 0.539. The van der Waals surface area contributed by atoms with Gasteiger partial charge >= 0.3 is 0 Å². The molecule has 0 aliphatic heterocycles. The molecule has 5 nitrogen and oxygen atoms in total. The summed E-state index contributed by atoms with van der Waals surface area (Å²) in [6, 6.07) is 6.34. The Hall–Kier alpha value is -1.11. The Kier molecular flexibility index (Phi) is 3.37. The van der Waals surface area contributed by atoms with E-state index in [2.05, 4.69) is 17.1 Å². The van der Waals surface area contributed by atoms with Crippen molar-refractivity contribution >= 4 is 15.7 Å². The van der Waals surface area contributed by atoms with E-state index in [-0.39, 0.29) is 4.90 Å². The van der Waals surface area contributed by atoms with Gasteiger partial charge in [0.05, 0.1) is 4.90 Å². The molecule has 1 aromatic rings. The lowest BCUT2D eigenvalue weighted by Gasteiger charge is -2.07. The molecule has 6 heteroatoms. The molecule has 1 aromatic carbocycles. The fourth-order valence-corrected chi connectivity index (χ4v) is 2.81. The number of hydrazine groups is 1. The van der Waals surface area contributed by atoms with Gasteiger partial charge in [-0.1, -0.05) is 6.92 Å². The molecule has 94 valence electrons. The summed E-state index contributed by atoms with van der Waals surface area (Å²) in [5.74, 6) is 6.35. The van der Waals surface area contributed by atoms with Crippen LogP contribution >= 0.6 is 0 Å². The number of benzene rings is 1. The van der Waals surface area contributed by atoms with Crippen LogP contribution in [-0.4, -0.2) is 15.0 Å². The molecule has 0 spiro atoms. The Labute approximate surface area is 101 Å². The molecular formula is C11H17N3O2S. The van der Waals surface area contributed by atoms with E-state index >= 15 is 0 Å². The van der Waals surface area contributed by atoms with Crippen LogP contribution in [0.25, 0.3) is 0 Å². The van der Waals surface area contributed by atoms with Gasteiger partial charge in [-0.05, 0) is 42.5 Å². The normalized spacial score (nSPS) is 23.4. The second-order valence-corrected chi connectivity index (χ2v) is 6.26. The fourth-order valence-electron chi connectivity index (χ4n) is 1.71. The first-order valence-electron chi connectivity index (χ1n) is 5.59. The molecule has 1 aliphatic carbocycles. The van der Waals surface area contributed by atoms with Crippen LogP contribution in [0.15, 0.2) is 29.2 Å². The Bertz CT molecular complexity index is 484. The van der Waals surface area contributed by atoms with E-state index in [9.17, 15) is 8.42 Å². The number of nitrogen functional groups attached to an aromatic ring is 1. The van der Waals surface area contributed by atoms with Gasteiger partial charge in [-0.3, -0.25) is 5.84 Å². The summed E-state index contributed by atoms with van der Waals surface area (Å²) in [7, 11) is -3.38. The van der Waals surface area contributed by atoms with E-state index in [1.54, 1.807) is 12.1 Å². The lowest BCUT2D eigenvalue weighted by Crippen LogP contribution is -2.26. The van der Waals surface area contributed by atoms with Crippen LogP contribution in [-0.2, 0) is 10.0 Å². The lowest BCUT2D eigenvalue weighted by molar-refractivity contribution is 0.574. The average molecular weight is 255 g/mol. The zero-order valence-corrected chi connectivity index (χ0v) is 10.5. The highest BCUT2D eigenvalue weighted by molar-refractivity contribution is 7.89. The molecule has 2 rings (SSSR count). The van der Waals surface area contributed by atoms with Crippen LogP contribution in [0.3, 0.4) is 0 Å². The Morgan fingerprint density at radius 2 is 1.94 bits per heavy atom. The van der Waals surface area contributed by atoms with Gasteiger partial charge < -0.3 is 5.43 Å². The Balaban J connectivity index is 2.02. The minimum atomic E-state index is -3.38. The van der Waals surface area contributed by atoms with Gasteiger partial charge in [-0.15, -0.1) is 0 Å². The van der Waals surface area contributed by atoms with Gasteiger partial charge in [0.15, 0.2) is 0 Å². The zero-order valence-electron chi connectivity index (χ0n) is 9.68. The molecule has 2 atom stereocenters. The highest BCUT2D eigenvalue weighted by Gasteiger charge is 2.33. The molecular weight excluding hydrogens is 238 g/mol. The number of nitrogens with one attached hydrogen (secondary N) is 2. The van der Waals surface area contributed by atoms with Crippen LogP contribution in [0.4, 0.5) is 5.69 Å². The highest BCUT2D eigenvalue weighted by Crippen LogP contribution is 2.37. The monoisotopic (exact) mass is 255 g/mol.